The maximum atomic E-state index is 10.8. The molecular formula is C8H14Cl2N2O4S. The van der Waals surface area contributed by atoms with Crippen molar-refractivity contribution in [2.24, 2.45) is 5.73 Å². The van der Waals surface area contributed by atoms with E-state index < -0.39 is 23.4 Å². The average molecular weight is 305 g/mol. The van der Waals surface area contributed by atoms with Crippen molar-refractivity contribution >= 4 is 48.5 Å². The number of hydrogen-bond acceptors (Lipinski definition) is 5. The zero-order valence-corrected chi connectivity index (χ0v) is 11.3. The van der Waals surface area contributed by atoms with Gasteiger partial charge in [-0.05, 0) is 12.5 Å². The van der Waals surface area contributed by atoms with Crippen LogP contribution in [0.2, 0.25) is 0 Å². The van der Waals surface area contributed by atoms with Crippen LogP contribution in [0.4, 0.5) is 0 Å². The maximum absolute atomic E-state index is 10.8. The molecule has 0 amide bonds. The Kier molecular flexibility index (Phi) is 8.43. The summed E-state index contributed by atoms with van der Waals surface area (Å²) in [5.41, 5.74) is 6.13. The van der Waals surface area contributed by atoms with Crippen LogP contribution in [0.3, 0.4) is 0 Å². The minimum absolute atomic E-state index is 0. The van der Waals surface area contributed by atoms with Gasteiger partial charge in [0.2, 0.25) is 0 Å². The van der Waals surface area contributed by atoms with Crippen molar-refractivity contribution in [1.82, 2.24) is 5.32 Å². The van der Waals surface area contributed by atoms with Gasteiger partial charge in [0.1, 0.15) is 11.7 Å². The summed E-state index contributed by atoms with van der Waals surface area (Å²) in [7, 11) is 0. The number of aliphatic carboxylic acids is 2. The quantitative estimate of drug-likeness (QED) is 0.591. The molecule has 1 aliphatic heterocycles. The van der Waals surface area contributed by atoms with Crippen molar-refractivity contribution < 1.29 is 19.8 Å². The molecule has 0 aliphatic carbocycles. The van der Waals surface area contributed by atoms with Gasteiger partial charge >= 0.3 is 11.9 Å². The standard InChI is InChI=1S/C8H12N2O4S.2ClH/c1-3-2-15-6(4(9)7(11)12)10-5(3)8(13)14;;/h4,6,10H,2,9H2,1H3,(H,11,12)(H,13,14);2*1H. The molecule has 2 unspecified atom stereocenters. The van der Waals surface area contributed by atoms with E-state index in [9.17, 15) is 9.59 Å². The first kappa shape index (κ1) is 18.7. The minimum atomic E-state index is -1.15. The molecule has 0 spiro atoms. The first-order valence-corrected chi connectivity index (χ1v) is 5.28. The van der Waals surface area contributed by atoms with E-state index in [0.717, 1.165) is 0 Å². The smallest absolute Gasteiger partial charge is 0.351 e. The molecule has 5 N–H and O–H groups in total. The maximum Gasteiger partial charge on any atom is 0.351 e. The van der Waals surface area contributed by atoms with Gasteiger partial charge in [-0.25, -0.2) is 4.79 Å². The number of rotatable bonds is 3. The fourth-order valence-corrected chi connectivity index (χ4v) is 2.26. The fourth-order valence-electron chi connectivity index (χ4n) is 1.16. The summed E-state index contributed by atoms with van der Waals surface area (Å²) in [4.78, 5) is 21.4. The van der Waals surface area contributed by atoms with E-state index in [1.807, 2.05) is 0 Å². The van der Waals surface area contributed by atoms with Crippen LogP contribution in [0.5, 0.6) is 0 Å². The van der Waals surface area contributed by atoms with Crippen molar-refractivity contribution in [1.29, 1.82) is 0 Å². The van der Waals surface area contributed by atoms with Crippen molar-refractivity contribution in [3.63, 3.8) is 0 Å². The molecule has 0 bridgehead atoms. The van der Waals surface area contributed by atoms with Gasteiger partial charge < -0.3 is 21.3 Å². The topological polar surface area (TPSA) is 113 Å². The molecule has 0 fully saturated rings. The molecule has 0 radical (unpaired) electrons. The molecule has 17 heavy (non-hydrogen) atoms. The molecule has 6 nitrogen and oxygen atoms in total. The van der Waals surface area contributed by atoms with Crippen LogP contribution in [0, 0.1) is 0 Å². The Morgan fingerprint density at radius 2 is 2.00 bits per heavy atom. The predicted molar refractivity (Wildman–Crippen MR) is 69.8 cm³/mol. The van der Waals surface area contributed by atoms with Gasteiger partial charge in [0, 0.05) is 5.75 Å². The molecule has 0 saturated heterocycles. The molecule has 0 aromatic carbocycles. The van der Waals surface area contributed by atoms with Gasteiger partial charge in [-0.2, -0.15) is 0 Å². The van der Waals surface area contributed by atoms with E-state index in [1.54, 1.807) is 6.92 Å². The summed E-state index contributed by atoms with van der Waals surface area (Å²) in [6.07, 6.45) is 0. The molecule has 100 valence electrons. The van der Waals surface area contributed by atoms with E-state index in [0.29, 0.717) is 11.3 Å². The predicted octanol–water partition coefficient (Wildman–Crippen LogP) is 0.263. The lowest BCUT2D eigenvalue weighted by molar-refractivity contribution is -0.139. The number of nitrogens with one attached hydrogen (secondary N) is 1. The highest BCUT2D eigenvalue weighted by molar-refractivity contribution is 8.00. The number of hydrogen-bond donors (Lipinski definition) is 4. The summed E-state index contributed by atoms with van der Waals surface area (Å²) >= 11 is 1.29. The Labute approximate surface area is 115 Å². The highest BCUT2D eigenvalue weighted by Crippen LogP contribution is 2.23. The number of carboxylic acid groups (broad SMARTS) is 2. The Hall–Kier alpha value is -0.630. The van der Waals surface area contributed by atoms with Crippen LogP contribution in [0.25, 0.3) is 0 Å². The highest BCUT2D eigenvalue weighted by atomic mass is 35.5. The molecule has 2 atom stereocenters. The first-order chi connectivity index (χ1) is 6.93. The SMILES string of the molecule is CC1=C(C(=O)O)NC(C(N)C(=O)O)SC1.Cl.Cl. The lowest BCUT2D eigenvalue weighted by atomic mass is 10.2. The van der Waals surface area contributed by atoms with E-state index in [4.69, 9.17) is 15.9 Å². The van der Waals surface area contributed by atoms with Gasteiger partial charge in [-0.3, -0.25) is 4.79 Å². The zero-order chi connectivity index (χ0) is 11.6. The largest absolute Gasteiger partial charge is 0.480 e. The summed E-state index contributed by atoms with van der Waals surface area (Å²) in [6, 6.07) is -1.11. The van der Waals surface area contributed by atoms with Crippen LogP contribution in [0.1, 0.15) is 6.92 Å². The summed E-state index contributed by atoms with van der Waals surface area (Å²) < 4.78 is 0. The first-order valence-electron chi connectivity index (χ1n) is 4.23. The van der Waals surface area contributed by atoms with Crippen molar-refractivity contribution in [2.45, 2.75) is 18.3 Å². The van der Waals surface area contributed by atoms with Crippen LogP contribution < -0.4 is 11.1 Å². The molecular weight excluding hydrogens is 291 g/mol. The van der Waals surface area contributed by atoms with Gasteiger partial charge in [-0.15, -0.1) is 36.6 Å². The van der Waals surface area contributed by atoms with Crippen molar-refractivity contribution in [2.75, 3.05) is 5.75 Å². The van der Waals surface area contributed by atoms with Crippen LogP contribution in [-0.4, -0.2) is 39.3 Å². The molecule has 1 heterocycles. The van der Waals surface area contributed by atoms with Crippen LogP contribution in [-0.2, 0) is 9.59 Å². The molecule has 1 aliphatic rings. The second-order valence-electron chi connectivity index (χ2n) is 3.20. The third-order valence-electron chi connectivity index (χ3n) is 2.02. The monoisotopic (exact) mass is 304 g/mol. The zero-order valence-electron chi connectivity index (χ0n) is 8.87. The Bertz CT molecular complexity index is 337. The Balaban J connectivity index is 0. The molecule has 0 aromatic rings. The van der Waals surface area contributed by atoms with Gasteiger partial charge in [0.15, 0.2) is 0 Å². The number of thioether (sulfide) groups is 1. The van der Waals surface area contributed by atoms with E-state index in [2.05, 4.69) is 5.32 Å². The van der Waals surface area contributed by atoms with Crippen molar-refractivity contribution in [3.8, 4) is 0 Å². The highest BCUT2D eigenvalue weighted by Gasteiger charge is 2.30. The number of nitrogens with two attached hydrogens (primary N) is 1. The lowest BCUT2D eigenvalue weighted by Gasteiger charge is -2.28. The normalized spacial score (nSPS) is 20.5. The summed E-state index contributed by atoms with van der Waals surface area (Å²) in [5.74, 6) is -1.76. The molecule has 0 aromatic heterocycles. The third kappa shape index (κ3) is 4.63. The number of carboxylic acids is 2. The minimum Gasteiger partial charge on any atom is -0.480 e. The lowest BCUT2D eigenvalue weighted by Crippen LogP contribution is -2.50. The Morgan fingerprint density at radius 1 is 1.47 bits per heavy atom. The van der Waals surface area contributed by atoms with Gasteiger partial charge in [-0.1, -0.05) is 0 Å². The van der Waals surface area contributed by atoms with Crippen molar-refractivity contribution in [3.05, 3.63) is 11.3 Å². The second kappa shape index (κ2) is 7.65. The Morgan fingerprint density at radius 3 is 2.41 bits per heavy atom. The van der Waals surface area contributed by atoms with Crippen LogP contribution in [0.15, 0.2) is 11.3 Å². The van der Waals surface area contributed by atoms with E-state index in [1.165, 1.54) is 11.8 Å². The fraction of sp³-hybridized carbons (Fsp3) is 0.500. The molecule has 0 saturated carbocycles. The average Bonchev–Trinajstić information content (AvgIpc) is 2.16. The van der Waals surface area contributed by atoms with Gasteiger partial charge in [0.05, 0.1) is 5.37 Å². The summed E-state index contributed by atoms with van der Waals surface area (Å²) in [5, 5.41) is 19.5. The van der Waals surface area contributed by atoms with Gasteiger partial charge in [0.25, 0.3) is 0 Å². The number of halogens is 2. The van der Waals surface area contributed by atoms with Crippen LogP contribution >= 0.6 is 36.6 Å². The third-order valence-corrected chi connectivity index (χ3v) is 3.39. The van der Waals surface area contributed by atoms with E-state index >= 15 is 0 Å². The second-order valence-corrected chi connectivity index (χ2v) is 4.33. The summed E-state index contributed by atoms with van der Waals surface area (Å²) in [6.45, 7) is 1.69. The number of carbonyl (C=O) groups is 2. The molecule has 9 heteroatoms. The van der Waals surface area contributed by atoms with E-state index in [-0.39, 0.29) is 30.5 Å². The molecule has 1 rings (SSSR count).